The lowest BCUT2D eigenvalue weighted by Crippen LogP contribution is -2.16. The lowest BCUT2D eigenvalue weighted by atomic mass is 9.97. The van der Waals surface area contributed by atoms with Gasteiger partial charge in [0.05, 0.1) is 0 Å². The Morgan fingerprint density at radius 1 is 0.967 bits per heavy atom. The van der Waals surface area contributed by atoms with Gasteiger partial charge in [0.25, 0.3) is 0 Å². The fraction of sp³-hybridized carbons (Fsp3) is 0.308. The molecule has 0 atom stereocenters. The minimum Gasteiger partial charge on any atom is -0.488 e. The first-order valence-electron chi connectivity index (χ1n) is 10.7. The molecule has 3 aromatic rings. The monoisotopic (exact) mass is 439 g/mol. The van der Waals surface area contributed by atoms with Crippen molar-refractivity contribution in [3.8, 4) is 5.75 Å². The van der Waals surface area contributed by atoms with Gasteiger partial charge in [-0.25, -0.2) is 0 Å². The molecular weight excluding hydrogens is 413 g/mol. The summed E-state index contributed by atoms with van der Waals surface area (Å²) in [6, 6.07) is 18.2. The van der Waals surface area contributed by atoms with Crippen LogP contribution in [0.5, 0.6) is 5.75 Å². The Kier molecular flexibility index (Phi) is 7.33. The second kappa shape index (κ2) is 10.3. The van der Waals surface area contributed by atoms with E-state index < -0.39 is 0 Å². The Morgan fingerprint density at radius 3 is 2.70 bits per heavy atom. The summed E-state index contributed by atoms with van der Waals surface area (Å²) in [5, 5.41) is 7.34. The van der Waals surface area contributed by atoms with Crippen LogP contribution in [0.1, 0.15) is 43.2 Å². The molecule has 4 heteroatoms. The molecule has 0 unspecified atom stereocenters. The Hall–Kier alpha value is -2.00. The summed E-state index contributed by atoms with van der Waals surface area (Å²) in [6.45, 7) is 2.17. The number of ether oxygens (including phenoxy) is 1. The maximum atomic E-state index is 6.32. The SMILES string of the molecule is Clc1ccc(COc2ccc3ccccc3c2CNCCC2=CCCCC2)c(Cl)c1. The van der Waals surface area contributed by atoms with Crippen molar-refractivity contribution in [1.82, 2.24) is 5.32 Å². The number of hydrogen-bond acceptors (Lipinski definition) is 2. The molecule has 0 saturated heterocycles. The average molecular weight is 440 g/mol. The van der Waals surface area contributed by atoms with E-state index in [0.29, 0.717) is 16.7 Å². The van der Waals surface area contributed by atoms with Gasteiger partial charge in [-0.3, -0.25) is 0 Å². The smallest absolute Gasteiger partial charge is 0.124 e. The van der Waals surface area contributed by atoms with E-state index in [2.05, 4.69) is 47.8 Å². The fourth-order valence-corrected chi connectivity index (χ4v) is 4.48. The van der Waals surface area contributed by atoms with Gasteiger partial charge in [-0.1, -0.05) is 71.2 Å². The molecule has 1 N–H and O–H groups in total. The van der Waals surface area contributed by atoms with Crippen LogP contribution in [0.2, 0.25) is 10.0 Å². The van der Waals surface area contributed by atoms with Gasteiger partial charge < -0.3 is 10.1 Å². The fourth-order valence-electron chi connectivity index (χ4n) is 4.02. The number of allylic oxidation sites excluding steroid dienone is 1. The zero-order chi connectivity index (χ0) is 20.8. The molecule has 30 heavy (non-hydrogen) atoms. The van der Waals surface area contributed by atoms with Crippen molar-refractivity contribution in [3.63, 3.8) is 0 Å². The maximum absolute atomic E-state index is 6.32. The van der Waals surface area contributed by atoms with Gasteiger partial charge in [-0.2, -0.15) is 0 Å². The number of fused-ring (bicyclic) bond motifs is 1. The molecular formula is C26H27Cl2NO. The van der Waals surface area contributed by atoms with Crippen LogP contribution >= 0.6 is 23.2 Å². The van der Waals surface area contributed by atoms with Crippen molar-refractivity contribution in [2.24, 2.45) is 0 Å². The molecule has 0 spiro atoms. The molecule has 0 aromatic heterocycles. The Bertz CT molecular complexity index is 1040. The van der Waals surface area contributed by atoms with E-state index in [1.807, 2.05) is 12.1 Å². The largest absolute Gasteiger partial charge is 0.488 e. The predicted molar refractivity (Wildman–Crippen MR) is 128 cm³/mol. The second-order valence-corrected chi connectivity index (χ2v) is 8.67. The van der Waals surface area contributed by atoms with E-state index in [-0.39, 0.29) is 0 Å². The molecule has 0 heterocycles. The summed E-state index contributed by atoms with van der Waals surface area (Å²) < 4.78 is 6.22. The first-order chi connectivity index (χ1) is 14.7. The van der Waals surface area contributed by atoms with E-state index in [0.717, 1.165) is 30.8 Å². The third-order valence-electron chi connectivity index (χ3n) is 5.71. The van der Waals surface area contributed by atoms with Crippen molar-refractivity contribution in [2.75, 3.05) is 6.54 Å². The normalized spacial score (nSPS) is 14.0. The number of halogens is 2. The zero-order valence-electron chi connectivity index (χ0n) is 17.1. The molecule has 4 rings (SSSR count). The Balaban J connectivity index is 1.48. The summed E-state index contributed by atoms with van der Waals surface area (Å²) in [6.07, 6.45) is 8.72. The number of nitrogens with one attached hydrogen (secondary N) is 1. The lowest BCUT2D eigenvalue weighted by molar-refractivity contribution is 0.303. The van der Waals surface area contributed by atoms with Crippen LogP contribution in [0, 0.1) is 0 Å². The Morgan fingerprint density at radius 2 is 1.87 bits per heavy atom. The van der Waals surface area contributed by atoms with Crippen molar-refractivity contribution in [2.45, 2.75) is 45.3 Å². The van der Waals surface area contributed by atoms with E-state index in [1.165, 1.54) is 42.0 Å². The van der Waals surface area contributed by atoms with Gasteiger partial charge in [-0.05, 0) is 67.6 Å². The molecule has 156 valence electrons. The molecule has 3 aromatic carbocycles. The molecule has 0 bridgehead atoms. The van der Waals surface area contributed by atoms with Crippen LogP contribution < -0.4 is 10.1 Å². The van der Waals surface area contributed by atoms with Gasteiger partial charge in [-0.15, -0.1) is 0 Å². The first kappa shape index (κ1) is 21.2. The minimum absolute atomic E-state index is 0.411. The molecule has 0 fully saturated rings. The zero-order valence-corrected chi connectivity index (χ0v) is 18.6. The summed E-state index contributed by atoms with van der Waals surface area (Å²) in [5.41, 5.74) is 3.72. The lowest BCUT2D eigenvalue weighted by Gasteiger charge is -2.17. The van der Waals surface area contributed by atoms with E-state index >= 15 is 0 Å². The van der Waals surface area contributed by atoms with E-state index in [9.17, 15) is 0 Å². The molecule has 0 aliphatic heterocycles. The highest BCUT2D eigenvalue weighted by molar-refractivity contribution is 6.35. The third-order valence-corrected chi connectivity index (χ3v) is 6.29. The van der Waals surface area contributed by atoms with Crippen LogP contribution in [0.15, 0.2) is 66.2 Å². The summed E-state index contributed by atoms with van der Waals surface area (Å²) >= 11 is 12.3. The van der Waals surface area contributed by atoms with Crippen LogP contribution in [0.4, 0.5) is 0 Å². The summed E-state index contributed by atoms with van der Waals surface area (Å²) in [7, 11) is 0. The molecule has 0 amide bonds. The van der Waals surface area contributed by atoms with Crippen LogP contribution in [0.25, 0.3) is 10.8 Å². The summed E-state index contributed by atoms with van der Waals surface area (Å²) in [5.74, 6) is 0.893. The highest BCUT2D eigenvalue weighted by atomic mass is 35.5. The van der Waals surface area contributed by atoms with Crippen molar-refractivity contribution in [3.05, 3.63) is 87.4 Å². The van der Waals surface area contributed by atoms with Gasteiger partial charge in [0.1, 0.15) is 12.4 Å². The quantitative estimate of drug-likeness (QED) is 0.286. The van der Waals surface area contributed by atoms with Gasteiger partial charge in [0, 0.05) is 27.7 Å². The van der Waals surface area contributed by atoms with Gasteiger partial charge in [0.15, 0.2) is 0 Å². The molecule has 2 nitrogen and oxygen atoms in total. The maximum Gasteiger partial charge on any atom is 0.124 e. The second-order valence-electron chi connectivity index (χ2n) is 7.82. The predicted octanol–water partition coefficient (Wildman–Crippen LogP) is 7.71. The van der Waals surface area contributed by atoms with Crippen LogP contribution in [-0.2, 0) is 13.2 Å². The average Bonchev–Trinajstić information content (AvgIpc) is 2.77. The standard InChI is InChI=1S/C26H27Cl2NO/c27-22-12-10-21(25(28)16-22)18-30-26-13-11-20-8-4-5-9-23(20)24(26)17-29-15-14-19-6-2-1-3-7-19/h4-6,8-13,16,29H,1-3,7,14-15,17-18H2. The molecule has 1 aliphatic rings. The highest BCUT2D eigenvalue weighted by Gasteiger charge is 2.11. The van der Waals surface area contributed by atoms with Crippen molar-refractivity contribution in [1.29, 1.82) is 0 Å². The Labute approximate surface area is 188 Å². The number of rotatable bonds is 8. The van der Waals surface area contributed by atoms with Crippen LogP contribution in [-0.4, -0.2) is 6.54 Å². The van der Waals surface area contributed by atoms with E-state index in [1.54, 1.807) is 11.6 Å². The highest BCUT2D eigenvalue weighted by Crippen LogP contribution is 2.30. The van der Waals surface area contributed by atoms with E-state index in [4.69, 9.17) is 27.9 Å². The van der Waals surface area contributed by atoms with Crippen molar-refractivity contribution < 1.29 is 4.74 Å². The molecule has 0 saturated carbocycles. The molecule has 0 radical (unpaired) electrons. The first-order valence-corrected chi connectivity index (χ1v) is 11.4. The molecule has 1 aliphatic carbocycles. The number of benzene rings is 3. The van der Waals surface area contributed by atoms with Crippen molar-refractivity contribution >= 4 is 34.0 Å². The van der Waals surface area contributed by atoms with Crippen LogP contribution in [0.3, 0.4) is 0 Å². The topological polar surface area (TPSA) is 21.3 Å². The number of hydrogen-bond donors (Lipinski definition) is 1. The third kappa shape index (κ3) is 5.37. The van der Waals surface area contributed by atoms with Gasteiger partial charge in [0.2, 0.25) is 0 Å². The summed E-state index contributed by atoms with van der Waals surface area (Å²) in [4.78, 5) is 0. The minimum atomic E-state index is 0.411. The van der Waals surface area contributed by atoms with Gasteiger partial charge >= 0.3 is 0 Å².